The molecular weight excluding hydrogens is 258 g/mol. The van der Waals surface area contributed by atoms with Gasteiger partial charge in [-0.25, -0.2) is 8.42 Å². The first-order chi connectivity index (χ1) is 7.64. The Morgan fingerprint density at radius 2 is 1.41 bits per heavy atom. The second kappa shape index (κ2) is 3.95. The Hall–Kier alpha value is -2.27. The first-order valence-corrected chi connectivity index (χ1v) is 5.23. The van der Waals surface area contributed by atoms with Gasteiger partial charge in [0, 0.05) is 12.1 Å². The molecular formula is C6H4N3O7S-. The van der Waals surface area contributed by atoms with Crippen LogP contribution in [0.2, 0.25) is 0 Å². The van der Waals surface area contributed by atoms with Crippen LogP contribution in [0.1, 0.15) is 0 Å². The molecule has 11 heteroatoms. The first kappa shape index (κ1) is 12.8. The molecule has 0 aliphatic carbocycles. The molecule has 10 nitrogen and oxygen atoms in total. The summed E-state index contributed by atoms with van der Waals surface area (Å²) in [6.45, 7) is 0. The number of benzene rings is 1. The summed E-state index contributed by atoms with van der Waals surface area (Å²) in [4.78, 5) is 17.7. The lowest BCUT2D eigenvalue weighted by molar-refractivity contribution is -0.392. The highest BCUT2D eigenvalue weighted by Crippen LogP contribution is 2.34. The highest BCUT2D eigenvalue weighted by Gasteiger charge is 2.25. The summed E-state index contributed by atoms with van der Waals surface area (Å²) in [5.74, 6) is 0. The minimum Gasteiger partial charge on any atom is -0.744 e. The molecule has 0 aliphatic heterocycles. The molecule has 2 N–H and O–H groups in total. The van der Waals surface area contributed by atoms with Crippen LogP contribution in [-0.4, -0.2) is 22.8 Å². The van der Waals surface area contributed by atoms with E-state index in [2.05, 4.69) is 0 Å². The van der Waals surface area contributed by atoms with Crippen LogP contribution in [0.15, 0.2) is 17.0 Å². The molecule has 0 aromatic heterocycles. The zero-order chi connectivity index (χ0) is 13.4. The summed E-state index contributed by atoms with van der Waals surface area (Å²) in [5, 5.41) is 21.0. The summed E-state index contributed by atoms with van der Waals surface area (Å²) < 4.78 is 32.0. The second-order valence-electron chi connectivity index (χ2n) is 2.84. The lowest BCUT2D eigenvalue weighted by Crippen LogP contribution is -2.05. The molecule has 1 aromatic carbocycles. The normalized spacial score (nSPS) is 11.1. The molecule has 0 spiro atoms. The van der Waals surface area contributed by atoms with E-state index in [0.29, 0.717) is 12.1 Å². The lowest BCUT2D eigenvalue weighted by Gasteiger charge is -2.07. The zero-order valence-corrected chi connectivity index (χ0v) is 8.71. The second-order valence-corrected chi connectivity index (χ2v) is 4.22. The molecule has 0 atom stereocenters. The maximum atomic E-state index is 10.7. The van der Waals surface area contributed by atoms with Gasteiger partial charge in [0.25, 0.3) is 0 Å². The molecule has 0 radical (unpaired) electrons. The van der Waals surface area contributed by atoms with Crippen molar-refractivity contribution in [3.05, 3.63) is 32.4 Å². The molecule has 0 heterocycles. The minimum atomic E-state index is -5.05. The SMILES string of the molecule is Nc1c([N+](=O)[O-])cc(S(=O)(=O)[O-])cc1[N+](=O)[O-]. The number of rotatable bonds is 3. The van der Waals surface area contributed by atoms with E-state index >= 15 is 0 Å². The molecule has 0 amide bonds. The van der Waals surface area contributed by atoms with Crippen LogP contribution in [0.5, 0.6) is 0 Å². The van der Waals surface area contributed by atoms with Crippen LogP contribution in [0.25, 0.3) is 0 Å². The highest BCUT2D eigenvalue weighted by atomic mass is 32.2. The number of hydrogen-bond donors (Lipinski definition) is 1. The van der Waals surface area contributed by atoms with E-state index in [1.165, 1.54) is 0 Å². The summed E-state index contributed by atoms with van der Waals surface area (Å²) in [5.41, 5.74) is 2.29. The van der Waals surface area contributed by atoms with Gasteiger partial charge in [0.2, 0.25) is 0 Å². The third kappa shape index (κ3) is 2.46. The van der Waals surface area contributed by atoms with Gasteiger partial charge in [-0.15, -0.1) is 0 Å². The highest BCUT2D eigenvalue weighted by molar-refractivity contribution is 7.85. The maximum Gasteiger partial charge on any atom is 0.300 e. The van der Waals surface area contributed by atoms with Crippen molar-refractivity contribution in [1.82, 2.24) is 0 Å². The fourth-order valence-electron chi connectivity index (χ4n) is 1.04. The fraction of sp³-hybridized carbons (Fsp3) is 0. The molecule has 0 saturated carbocycles. The van der Waals surface area contributed by atoms with Gasteiger partial charge < -0.3 is 10.3 Å². The number of nitrogens with two attached hydrogens (primary N) is 1. The topological polar surface area (TPSA) is 169 Å². The molecule has 92 valence electrons. The number of anilines is 1. The minimum absolute atomic E-state index is 0.380. The number of nitrogens with zero attached hydrogens (tertiary/aromatic N) is 2. The summed E-state index contributed by atoms with van der Waals surface area (Å²) in [6, 6.07) is 0.759. The van der Waals surface area contributed by atoms with Crippen LogP contribution in [-0.2, 0) is 10.1 Å². The number of nitro benzene ring substituents is 2. The predicted octanol–water partition coefficient (Wildman–Crippen LogP) is -0.0107. The monoisotopic (exact) mass is 262 g/mol. The average Bonchev–Trinajstić information content (AvgIpc) is 2.14. The number of hydrogen-bond acceptors (Lipinski definition) is 8. The van der Waals surface area contributed by atoms with Crippen molar-refractivity contribution < 1.29 is 22.8 Å². The van der Waals surface area contributed by atoms with Crippen LogP contribution < -0.4 is 5.73 Å². The summed E-state index contributed by atoms with van der Waals surface area (Å²) in [6.07, 6.45) is 0. The Labute approximate surface area is 93.7 Å². The Balaban J connectivity index is 3.71. The van der Waals surface area contributed by atoms with Crippen molar-refractivity contribution in [2.75, 3.05) is 5.73 Å². The molecule has 17 heavy (non-hydrogen) atoms. The van der Waals surface area contributed by atoms with Gasteiger partial charge in [-0.2, -0.15) is 0 Å². The van der Waals surface area contributed by atoms with Gasteiger partial charge in [-0.1, -0.05) is 0 Å². The Kier molecular flexibility index (Phi) is 2.97. The van der Waals surface area contributed by atoms with Gasteiger partial charge in [0.1, 0.15) is 10.1 Å². The van der Waals surface area contributed by atoms with Crippen molar-refractivity contribution in [2.45, 2.75) is 4.90 Å². The van der Waals surface area contributed by atoms with E-state index in [1.54, 1.807) is 0 Å². The van der Waals surface area contributed by atoms with Crippen LogP contribution in [0.3, 0.4) is 0 Å². The maximum absolute atomic E-state index is 10.7. The van der Waals surface area contributed by atoms with Crippen LogP contribution >= 0.6 is 0 Å². The van der Waals surface area contributed by atoms with E-state index in [1.807, 2.05) is 0 Å². The smallest absolute Gasteiger partial charge is 0.300 e. The van der Waals surface area contributed by atoms with E-state index in [0.717, 1.165) is 0 Å². The van der Waals surface area contributed by atoms with Crippen LogP contribution in [0, 0.1) is 20.2 Å². The Bertz CT molecular complexity index is 573. The molecule has 0 aliphatic rings. The third-order valence-electron chi connectivity index (χ3n) is 1.79. The van der Waals surface area contributed by atoms with E-state index in [-0.39, 0.29) is 0 Å². The largest absolute Gasteiger partial charge is 0.744 e. The van der Waals surface area contributed by atoms with Crippen molar-refractivity contribution in [3.8, 4) is 0 Å². The van der Waals surface area contributed by atoms with Gasteiger partial charge in [-0.3, -0.25) is 20.2 Å². The molecule has 1 rings (SSSR count). The van der Waals surface area contributed by atoms with Crippen molar-refractivity contribution >= 4 is 27.2 Å². The van der Waals surface area contributed by atoms with Gasteiger partial charge in [0.15, 0.2) is 5.69 Å². The molecule has 0 bridgehead atoms. The molecule has 1 aromatic rings. The van der Waals surface area contributed by atoms with Gasteiger partial charge in [0.05, 0.1) is 14.7 Å². The van der Waals surface area contributed by atoms with Crippen LogP contribution in [0.4, 0.5) is 17.1 Å². The standard InChI is InChI=1S/C6H5N3O7S/c7-6-4(8(10)11)1-3(17(14,15)16)2-5(6)9(12)13/h1-2H,7H2,(H,14,15,16)/p-1. The van der Waals surface area contributed by atoms with Crippen molar-refractivity contribution in [3.63, 3.8) is 0 Å². The summed E-state index contributed by atoms with van der Waals surface area (Å²) in [7, 11) is -5.05. The molecule has 0 unspecified atom stereocenters. The van der Waals surface area contributed by atoms with E-state index in [9.17, 15) is 33.2 Å². The van der Waals surface area contributed by atoms with Crippen molar-refractivity contribution in [2.24, 2.45) is 0 Å². The molecule has 0 saturated heterocycles. The van der Waals surface area contributed by atoms with E-state index in [4.69, 9.17) is 5.73 Å². The number of nitro groups is 2. The molecule has 0 fully saturated rings. The predicted molar refractivity (Wildman–Crippen MR) is 52.1 cm³/mol. The lowest BCUT2D eigenvalue weighted by atomic mass is 10.2. The third-order valence-corrected chi connectivity index (χ3v) is 2.60. The Morgan fingerprint density at radius 3 is 1.65 bits per heavy atom. The van der Waals surface area contributed by atoms with E-state index < -0.39 is 41.9 Å². The Morgan fingerprint density at radius 1 is 1.06 bits per heavy atom. The summed E-state index contributed by atoms with van der Waals surface area (Å²) >= 11 is 0. The van der Waals surface area contributed by atoms with Gasteiger partial charge in [-0.05, 0) is 0 Å². The first-order valence-electron chi connectivity index (χ1n) is 3.83. The van der Waals surface area contributed by atoms with Gasteiger partial charge >= 0.3 is 11.4 Å². The van der Waals surface area contributed by atoms with Crippen molar-refractivity contribution in [1.29, 1.82) is 0 Å². The average molecular weight is 262 g/mol. The number of nitrogen functional groups attached to an aromatic ring is 1. The fourth-order valence-corrected chi connectivity index (χ4v) is 1.56. The quantitative estimate of drug-likeness (QED) is 0.343. The zero-order valence-electron chi connectivity index (χ0n) is 7.89.